The summed E-state index contributed by atoms with van der Waals surface area (Å²) in [7, 11) is 1.69. The summed E-state index contributed by atoms with van der Waals surface area (Å²) in [5.41, 5.74) is 6.07. The lowest BCUT2D eigenvalue weighted by molar-refractivity contribution is -0.133. The maximum absolute atomic E-state index is 13.6. The van der Waals surface area contributed by atoms with Gasteiger partial charge < -0.3 is 19.1 Å². The second-order valence-corrected chi connectivity index (χ2v) is 10.1. The largest absolute Gasteiger partial charge is 0.497 e. The van der Waals surface area contributed by atoms with Crippen molar-refractivity contribution in [2.75, 3.05) is 39.8 Å². The van der Waals surface area contributed by atoms with Crippen LogP contribution >= 0.6 is 0 Å². The van der Waals surface area contributed by atoms with Crippen molar-refractivity contribution in [3.63, 3.8) is 0 Å². The summed E-state index contributed by atoms with van der Waals surface area (Å²) in [6.07, 6.45) is 2.72. The number of hydrogen-bond donors (Lipinski definition) is 0. The van der Waals surface area contributed by atoms with Crippen LogP contribution in [0, 0.1) is 6.92 Å². The van der Waals surface area contributed by atoms with Crippen LogP contribution in [0.4, 0.5) is 0 Å². The fourth-order valence-corrected chi connectivity index (χ4v) is 5.43. The lowest BCUT2D eigenvalue weighted by atomic mass is 9.87. The number of aryl methyl sites for hydroxylation is 1. The number of nitrogens with zero attached hydrogens (tertiary/aromatic N) is 3. The van der Waals surface area contributed by atoms with Crippen molar-refractivity contribution in [1.82, 2.24) is 14.4 Å². The number of likely N-dealkylation sites (N-methyl/N-ethyl adjacent to an activating group) is 1. The first-order valence-electron chi connectivity index (χ1n) is 13.3. The molecule has 1 fully saturated rings. The Kier molecular flexibility index (Phi) is 7.61. The molecule has 2 heterocycles. The molecule has 0 bridgehead atoms. The SMILES string of the molecule is CCN1CCN(C(=O)C[C@@H](c2ccc(OC)cc2)c2cn(Cc3ccc(C)cc3)c3ccccc23)CC1. The summed E-state index contributed by atoms with van der Waals surface area (Å²) in [4.78, 5) is 18.1. The van der Waals surface area contributed by atoms with Gasteiger partial charge in [0.05, 0.1) is 7.11 Å². The van der Waals surface area contributed by atoms with Crippen LogP contribution in [0.5, 0.6) is 5.75 Å². The molecule has 5 nitrogen and oxygen atoms in total. The van der Waals surface area contributed by atoms with E-state index >= 15 is 0 Å². The summed E-state index contributed by atoms with van der Waals surface area (Å²) in [6.45, 7) is 9.64. The molecule has 4 aromatic rings. The number of piperazine rings is 1. The van der Waals surface area contributed by atoms with E-state index in [2.05, 4.69) is 90.2 Å². The molecule has 3 aromatic carbocycles. The maximum atomic E-state index is 13.6. The second-order valence-electron chi connectivity index (χ2n) is 10.1. The molecule has 1 amide bonds. The van der Waals surface area contributed by atoms with Crippen LogP contribution < -0.4 is 4.74 Å². The maximum Gasteiger partial charge on any atom is 0.223 e. The van der Waals surface area contributed by atoms with Gasteiger partial charge in [-0.1, -0.05) is 67.1 Å². The molecule has 0 saturated carbocycles. The van der Waals surface area contributed by atoms with E-state index in [0.717, 1.165) is 50.6 Å². The zero-order valence-electron chi connectivity index (χ0n) is 22.2. The first-order chi connectivity index (χ1) is 18.1. The molecular formula is C32H37N3O2. The van der Waals surface area contributed by atoms with Crippen LogP contribution in [-0.4, -0.2) is 60.1 Å². The number of methoxy groups -OCH3 is 1. The number of benzene rings is 3. The molecule has 0 aliphatic carbocycles. The van der Waals surface area contributed by atoms with Crippen molar-refractivity contribution >= 4 is 16.8 Å². The van der Waals surface area contributed by atoms with Gasteiger partial charge in [-0.25, -0.2) is 0 Å². The summed E-state index contributed by atoms with van der Waals surface area (Å²) in [5.74, 6) is 1.02. The van der Waals surface area contributed by atoms with Gasteiger partial charge in [-0.2, -0.15) is 0 Å². The number of fused-ring (bicyclic) bond motifs is 1. The van der Waals surface area contributed by atoms with E-state index in [9.17, 15) is 4.79 Å². The van der Waals surface area contributed by atoms with Gasteiger partial charge in [0.1, 0.15) is 5.75 Å². The van der Waals surface area contributed by atoms with Crippen LogP contribution in [0.25, 0.3) is 10.9 Å². The fraction of sp³-hybridized carbons (Fsp3) is 0.344. The number of hydrogen-bond acceptors (Lipinski definition) is 3. The lowest BCUT2D eigenvalue weighted by Gasteiger charge is -2.34. The number of aromatic nitrogens is 1. The topological polar surface area (TPSA) is 37.7 Å². The third-order valence-corrected chi connectivity index (χ3v) is 7.74. The normalized spacial score (nSPS) is 15.2. The minimum atomic E-state index is -0.0354. The van der Waals surface area contributed by atoms with Crippen LogP contribution in [0.1, 0.15) is 41.5 Å². The monoisotopic (exact) mass is 495 g/mol. The Morgan fingerprint density at radius 3 is 2.30 bits per heavy atom. The summed E-state index contributed by atoms with van der Waals surface area (Å²) in [6, 6.07) is 25.5. The van der Waals surface area contributed by atoms with Crippen LogP contribution in [0.3, 0.4) is 0 Å². The first kappa shape index (κ1) is 25.1. The quantitative estimate of drug-likeness (QED) is 0.315. The molecule has 5 heteroatoms. The highest BCUT2D eigenvalue weighted by Gasteiger charge is 2.27. The molecule has 37 heavy (non-hydrogen) atoms. The lowest BCUT2D eigenvalue weighted by Crippen LogP contribution is -2.48. The number of carbonyl (C=O) groups excluding carboxylic acids is 1. The van der Waals surface area contributed by atoms with Crippen LogP contribution in [0.2, 0.25) is 0 Å². The summed E-state index contributed by atoms with van der Waals surface area (Å²) >= 11 is 0. The van der Waals surface area contributed by atoms with Gasteiger partial charge in [0.25, 0.3) is 0 Å². The fourth-order valence-electron chi connectivity index (χ4n) is 5.43. The summed E-state index contributed by atoms with van der Waals surface area (Å²) in [5, 5.41) is 1.21. The van der Waals surface area contributed by atoms with E-state index in [1.54, 1.807) is 7.11 Å². The first-order valence-corrected chi connectivity index (χ1v) is 13.3. The number of rotatable bonds is 8. The predicted molar refractivity (Wildman–Crippen MR) is 150 cm³/mol. The number of ether oxygens (including phenoxy) is 1. The molecule has 1 aromatic heterocycles. The van der Waals surface area contributed by atoms with Gasteiger partial charge in [0.2, 0.25) is 5.91 Å². The third kappa shape index (κ3) is 5.57. The Morgan fingerprint density at radius 2 is 1.62 bits per heavy atom. The van der Waals surface area contributed by atoms with Crippen molar-refractivity contribution in [1.29, 1.82) is 0 Å². The van der Waals surface area contributed by atoms with Crippen LogP contribution in [-0.2, 0) is 11.3 Å². The molecule has 1 aliphatic heterocycles. The predicted octanol–water partition coefficient (Wildman–Crippen LogP) is 5.69. The Bertz CT molecular complexity index is 1330. The minimum absolute atomic E-state index is 0.0354. The minimum Gasteiger partial charge on any atom is -0.497 e. The van der Waals surface area contributed by atoms with Crippen molar-refractivity contribution < 1.29 is 9.53 Å². The molecule has 1 aliphatic rings. The zero-order valence-corrected chi connectivity index (χ0v) is 22.2. The van der Waals surface area contributed by atoms with Gasteiger partial charge in [-0.3, -0.25) is 4.79 Å². The van der Waals surface area contributed by atoms with E-state index in [4.69, 9.17) is 4.74 Å². The number of carbonyl (C=O) groups is 1. The Labute approximate surface area is 220 Å². The van der Waals surface area contributed by atoms with E-state index in [0.29, 0.717) is 6.42 Å². The molecule has 5 rings (SSSR count). The Morgan fingerprint density at radius 1 is 0.919 bits per heavy atom. The zero-order chi connectivity index (χ0) is 25.8. The average molecular weight is 496 g/mol. The molecule has 0 spiro atoms. The van der Waals surface area contributed by atoms with Crippen molar-refractivity contribution in [2.24, 2.45) is 0 Å². The highest BCUT2D eigenvalue weighted by molar-refractivity contribution is 5.87. The average Bonchev–Trinajstić information content (AvgIpc) is 3.31. The standard InChI is InChI=1S/C32H37N3O2/c1-4-33-17-19-34(20-18-33)32(36)21-29(26-13-15-27(37-3)16-14-26)30-23-35(31-8-6-5-7-28(30)31)22-25-11-9-24(2)10-12-25/h5-16,23,29H,4,17-22H2,1-3H3/t29-/m0/s1. The van der Waals surface area contributed by atoms with Crippen molar-refractivity contribution in [3.05, 3.63) is 101 Å². The van der Waals surface area contributed by atoms with Crippen LogP contribution in [0.15, 0.2) is 79.0 Å². The number of para-hydroxylation sites is 1. The van der Waals surface area contributed by atoms with E-state index in [-0.39, 0.29) is 11.8 Å². The Balaban J connectivity index is 1.51. The molecule has 192 valence electrons. The van der Waals surface area contributed by atoms with Gasteiger partial charge in [-0.15, -0.1) is 0 Å². The highest BCUT2D eigenvalue weighted by atomic mass is 16.5. The molecule has 1 saturated heterocycles. The Hall–Kier alpha value is -3.57. The van der Waals surface area contributed by atoms with E-state index < -0.39 is 0 Å². The smallest absolute Gasteiger partial charge is 0.223 e. The molecule has 0 N–H and O–H groups in total. The number of amides is 1. The van der Waals surface area contributed by atoms with Crippen molar-refractivity contribution in [3.8, 4) is 5.75 Å². The second kappa shape index (κ2) is 11.2. The molecule has 1 atom stereocenters. The van der Waals surface area contributed by atoms with Gasteiger partial charge in [0, 0.05) is 62.2 Å². The van der Waals surface area contributed by atoms with Gasteiger partial charge in [0.15, 0.2) is 0 Å². The van der Waals surface area contributed by atoms with Gasteiger partial charge >= 0.3 is 0 Å². The summed E-state index contributed by atoms with van der Waals surface area (Å²) < 4.78 is 7.75. The van der Waals surface area contributed by atoms with Gasteiger partial charge in [-0.05, 0) is 48.4 Å². The highest BCUT2D eigenvalue weighted by Crippen LogP contribution is 2.36. The third-order valence-electron chi connectivity index (χ3n) is 7.74. The van der Waals surface area contributed by atoms with E-state index in [1.807, 2.05) is 17.0 Å². The van der Waals surface area contributed by atoms with Crippen molar-refractivity contribution in [2.45, 2.75) is 32.7 Å². The molecule has 0 unspecified atom stereocenters. The molecular weight excluding hydrogens is 458 g/mol. The molecule has 0 radical (unpaired) electrons. The van der Waals surface area contributed by atoms with E-state index in [1.165, 1.54) is 27.6 Å².